The van der Waals surface area contributed by atoms with Crippen molar-refractivity contribution >= 4 is 27.5 Å². The fraction of sp³-hybridized carbons (Fsp3) is 0.333. The van der Waals surface area contributed by atoms with E-state index in [4.69, 9.17) is 31.2 Å². The van der Waals surface area contributed by atoms with Gasteiger partial charge in [-0.15, -0.1) is 0 Å². The summed E-state index contributed by atoms with van der Waals surface area (Å²) in [5, 5.41) is 0.530. The van der Waals surface area contributed by atoms with E-state index in [1.165, 1.54) is 0 Å². The molecule has 6 heteroatoms. The topological polar surface area (TPSA) is 57.6 Å². The molecule has 0 aliphatic heterocycles. The average molecular weight is 375 g/mol. The van der Waals surface area contributed by atoms with E-state index in [1.807, 2.05) is 26.0 Å². The van der Waals surface area contributed by atoms with E-state index < -0.39 is 6.04 Å². The molecule has 0 aliphatic rings. The lowest BCUT2D eigenvalue weighted by Gasteiger charge is -2.17. The van der Waals surface area contributed by atoms with E-state index in [1.54, 1.807) is 12.3 Å². The molecule has 0 saturated carbocycles. The lowest BCUT2D eigenvalue weighted by atomic mass is 10.0. The molecular weight excluding hydrogens is 358 g/mol. The summed E-state index contributed by atoms with van der Waals surface area (Å²) in [6.07, 6.45) is 1.57. The van der Waals surface area contributed by atoms with Crippen LogP contribution in [-0.4, -0.2) is 13.2 Å². The van der Waals surface area contributed by atoms with Crippen LogP contribution in [0.1, 0.15) is 31.0 Å². The molecule has 1 heterocycles. The molecule has 0 amide bonds. The highest BCUT2D eigenvalue weighted by Gasteiger charge is 2.20. The second-order valence-electron chi connectivity index (χ2n) is 4.31. The van der Waals surface area contributed by atoms with Gasteiger partial charge in [0.2, 0.25) is 0 Å². The Morgan fingerprint density at radius 1 is 1.19 bits per heavy atom. The summed E-state index contributed by atoms with van der Waals surface area (Å²) in [7, 11) is 0. The minimum atomic E-state index is -0.416. The molecule has 1 unspecified atom stereocenters. The van der Waals surface area contributed by atoms with Gasteiger partial charge in [-0.25, -0.2) is 0 Å². The summed E-state index contributed by atoms with van der Waals surface area (Å²) in [4.78, 5) is 0. The highest BCUT2D eigenvalue weighted by Crippen LogP contribution is 2.38. The Morgan fingerprint density at radius 3 is 2.33 bits per heavy atom. The monoisotopic (exact) mass is 373 g/mol. The van der Waals surface area contributed by atoms with Crippen molar-refractivity contribution in [1.82, 2.24) is 0 Å². The van der Waals surface area contributed by atoms with Gasteiger partial charge in [-0.2, -0.15) is 0 Å². The first-order valence-electron chi connectivity index (χ1n) is 6.65. The predicted molar refractivity (Wildman–Crippen MR) is 86.2 cm³/mol. The summed E-state index contributed by atoms with van der Waals surface area (Å²) < 4.78 is 17.0. The first-order chi connectivity index (χ1) is 10.1. The summed E-state index contributed by atoms with van der Waals surface area (Å²) in [5.74, 6) is 1.25. The summed E-state index contributed by atoms with van der Waals surface area (Å²) in [6.45, 7) is 4.89. The van der Waals surface area contributed by atoms with Crippen molar-refractivity contribution in [3.05, 3.63) is 45.3 Å². The SMILES string of the molecule is CCOc1cc(Cl)c(C(N)c2ccoc2Br)cc1OCC. The number of rotatable bonds is 6. The second kappa shape index (κ2) is 7.20. The first-order valence-corrected chi connectivity index (χ1v) is 7.83. The van der Waals surface area contributed by atoms with Crippen molar-refractivity contribution in [1.29, 1.82) is 0 Å². The number of nitrogens with two attached hydrogens (primary N) is 1. The predicted octanol–water partition coefficient (Wildman–Crippen LogP) is 4.54. The zero-order chi connectivity index (χ0) is 15.4. The van der Waals surface area contributed by atoms with E-state index in [9.17, 15) is 0 Å². The normalized spacial score (nSPS) is 12.2. The van der Waals surface area contributed by atoms with E-state index in [-0.39, 0.29) is 0 Å². The fourth-order valence-electron chi connectivity index (χ4n) is 2.02. The second-order valence-corrected chi connectivity index (χ2v) is 5.44. The lowest BCUT2D eigenvalue weighted by molar-refractivity contribution is 0.287. The Labute approximate surface area is 137 Å². The van der Waals surface area contributed by atoms with E-state index in [0.29, 0.717) is 34.4 Å². The van der Waals surface area contributed by atoms with Gasteiger partial charge in [-0.05, 0) is 47.5 Å². The highest BCUT2D eigenvalue weighted by molar-refractivity contribution is 9.10. The van der Waals surface area contributed by atoms with E-state index >= 15 is 0 Å². The highest BCUT2D eigenvalue weighted by atomic mass is 79.9. The number of ether oxygens (including phenoxy) is 2. The Kier molecular flexibility index (Phi) is 5.56. The largest absolute Gasteiger partial charge is 0.490 e. The van der Waals surface area contributed by atoms with Crippen LogP contribution in [0.25, 0.3) is 0 Å². The fourth-order valence-corrected chi connectivity index (χ4v) is 2.78. The third kappa shape index (κ3) is 3.54. The maximum absolute atomic E-state index is 6.34. The molecule has 0 spiro atoms. The molecule has 0 bridgehead atoms. The minimum absolute atomic E-state index is 0.416. The van der Waals surface area contributed by atoms with Crippen LogP contribution < -0.4 is 15.2 Å². The molecule has 0 radical (unpaired) electrons. The Balaban J connectivity index is 2.44. The van der Waals surface area contributed by atoms with Gasteiger partial charge in [-0.3, -0.25) is 0 Å². The van der Waals surface area contributed by atoms with Gasteiger partial charge in [0.25, 0.3) is 0 Å². The van der Waals surface area contributed by atoms with Crippen LogP contribution >= 0.6 is 27.5 Å². The van der Waals surface area contributed by atoms with Crippen LogP contribution in [0, 0.1) is 0 Å². The van der Waals surface area contributed by atoms with E-state index in [2.05, 4.69) is 15.9 Å². The standard InChI is InChI=1S/C15H17BrClNO3/c1-3-19-12-7-10(11(17)8-13(12)20-4-2)14(18)9-5-6-21-15(9)16/h5-8,14H,3-4,18H2,1-2H3. The molecule has 0 aliphatic carbocycles. The smallest absolute Gasteiger partial charge is 0.174 e. The quantitative estimate of drug-likeness (QED) is 0.806. The zero-order valence-electron chi connectivity index (χ0n) is 11.9. The van der Waals surface area contributed by atoms with Crippen molar-refractivity contribution in [3.8, 4) is 11.5 Å². The minimum Gasteiger partial charge on any atom is -0.490 e. The van der Waals surface area contributed by atoms with Crippen LogP contribution in [0.5, 0.6) is 11.5 Å². The van der Waals surface area contributed by atoms with Gasteiger partial charge in [-0.1, -0.05) is 11.6 Å². The van der Waals surface area contributed by atoms with E-state index in [0.717, 1.165) is 11.1 Å². The molecule has 2 N–H and O–H groups in total. The Hall–Kier alpha value is -1.17. The van der Waals surface area contributed by atoms with Gasteiger partial charge < -0.3 is 19.6 Å². The van der Waals surface area contributed by atoms with Gasteiger partial charge >= 0.3 is 0 Å². The van der Waals surface area contributed by atoms with Crippen molar-refractivity contribution in [2.24, 2.45) is 5.73 Å². The maximum Gasteiger partial charge on any atom is 0.174 e. The third-order valence-corrected chi connectivity index (χ3v) is 3.95. The van der Waals surface area contributed by atoms with Crippen molar-refractivity contribution in [3.63, 3.8) is 0 Å². The molecule has 114 valence electrons. The number of hydrogen-bond donors (Lipinski definition) is 1. The maximum atomic E-state index is 6.34. The van der Waals surface area contributed by atoms with Crippen LogP contribution in [0.15, 0.2) is 33.5 Å². The molecule has 0 saturated heterocycles. The van der Waals surface area contributed by atoms with Crippen molar-refractivity contribution in [2.45, 2.75) is 19.9 Å². The molecule has 0 fully saturated rings. The molecule has 1 atom stereocenters. The molecule has 1 aromatic carbocycles. The molecule has 21 heavy (non-hydrogen) atoms. The molecular formula is C15H17BrClNO3. The molecule has 1 aromatic heterocycles. The summed E-state index contributed by atoms with van der Waals surface area (Å²) >= 11 is 9.67. The number of furan rings is 1. The summed E-state index contributed by atoms with van der Waals surface area (Å²) in [6, 6.07) is 4.95. The number of benzene rings is 1. The van der Waals surface area contributed by atoms with Gasteiger partial charge in [0.1, 0.15) is 0 Å². The van der Waals surface area contributed by atoms with Crippen LogP contribution in [0.3, 0.4) is 0 Å². The van der Waals surface area contributed by atoms with Crippen LogP contribution in [-0.2, 0) is 0 Å². The number of halogens is 2. The zero-order valence-corrected chi connectivity index (χ0v) is 14.2. The van der Waals surface area contributed by atoms with Crippen molar-refractivity contribution in [2.75, 3.05) is 13.2 Å². The average Bonchev–Trinajstić information content (AvgIpc) is 2.87. The van der Waals surface area contributed by atoms with Gasteiger partial charge in [0.05, 0.1) is 25.5 Å². The van der Waals surface area contributed by atoms with Crippen LogP contribution in [0.2, 0.25) is 5.02 Å². The number of hydrogen-bond acceptors (Lipinski definition) is 4. The first kappa shape index (κ1) is 16.2. The van der Waals surface area contributed by atoms with Crippen molar-refractivity contribution < 1.29 is 13.9 Å². The lowest BCUT2D eigenvalue weighted by Crippen LogP contribution is -2.13. The Bertz CT molecular complexity index is 615. The van der Waals surface area contributed by atoms with Gasteiger partial charge in [0.15, 0.2) is 16.2 Å². The Morgan fingerprint density at radius 2 is 1.81 bits per heavy atom. The molecule has 4 nitrogen and oxygen atoms in total. The molecule has 2 rings (SSSR count). The molecule has 2 aromatic rings. The third-order valence-electron chi connectivity index (χ3n) is 2.98. The summed E-state index contributed by atoms with van der Waals surface area (Å²) in [5.41, 5.74) is 7.86. The van der Waals surface area contributed by atoms with Crippen LogP contribution in [0.4, 0.5) is 0 Å². The van der Waals surface area contributed by atoms with Gasteiger partial charge in [0, 0.05) is 16.7 Å².